The van der Waals surface area contributed by atoms with Gasteiger partial charge in [0, 0.05) is 11.5 Å². The fourth-order valence-electron chi connectivity index (χ4n) is 2.49. The van der Waals surface area contributed by atoms with E-state index in [2.05, 4.69) is 4.98 Å². The molecule has 0 bridgehead atoms. The lowest BCUT2D eigenvalue weighted by Gasteiger charge is -2.20. The number of para-hydroxylation sites is 1. The average molecular weight is 339 g/mol. The molecular formula is C18H17N3O4. The third-order valence-corrected chi connectivity index (χ3v) is 3.51. The molecule has 0 aliphatic carbocycles. The average Bonchev–Trinajstić information content (AvgIpc) is 2.93. The summed E-state index contributed by atoms with van der Waals surface area (Å²) in [5.74, 6) is 0. The molecule has 2 aromatic heterocycles. The highest BCUT2D eigenvalue weighted by atomic mass is 16.6. The van der Waals surface area contributed by atoms with Crippen molar-refractivity contribution in [1.82, 2.24) is 9.55 Å². The molecule has 0 spiro atoms. The van der Waals surface area contributed by atoms with E-state index in [1.54, 1.807) is 20.8 Å². The molecule has 7 nitrogen and oxygen atoms in total. The van der Waals surface area contributed by atoms with Gasteiger partial charge < -0.3 is 4.74 Å². The Kier molecular flexibility index (Phi) is 4.00. The van der Waals surface area contributed by atoms with E-state index in [1.165, 1.54) is 22.9 Å². The van der Waals surface area contributed by atoms with Crippen molar-refractivity contribution in [3.8, 4) is 11.4 Å². The number of aromatic nitrogens is 2. The molecule has 0 unspecified atom stereocenters. The van der Waals surface area contributed by atoms with Crippen molar-refractivity contribution in [3.05, 3.63) is 58.8 Å². The molecule has 0 radical (unpaired) electrons. The van der Waals surface area contributed by atoms with Gasteiger partial charge in [0.15, 0.2) is 0 Å². The first kappa shape index (κ1) is 16.6. The first-order chi connectivity index (χ1) is 11.8. The van der Waals surface area contributed by atoms with Gasteiger partial charge in [-0.3, -0.25) is 10.1 Å². The van der Waals surface area contributed by atoms with Gasteiger partial charge in [-0.25, -0.2) is 14.3 Å². The van der Waals surface area contributed by atoms with Gasteiger partial charge in [0.1, 0.15) is 11.8 Å². The number of hydrogen-bond acceptors (Lipinski definition) is 5. The second-order valence-corrected chi connectivity index (χ2v) is 6.56. The molecule has 3 rings (SSSR count). The summed E-state index contributed by atoms with van der Waals surface area (Å²) in [5, 5.41) is 11.7. The van der Waals surface area contributed by atoms with Crippen LogP contribution in [0.2, 0.25) is 0 Å². The number of pyridine rings is 1. The number of nitro groups is 1. The molecule has 0 fully saturated rings. The summed E-state index contributed by atoms with van der Waals surface area (Å²) >= 11 is 0. The predicted octanol–water partition coefficient (Wildman–Crippen LogP) is 4.39. The Morgan fingerprint density at radius 3 is 2.52 bits per heavy atom. The van der Waals surface area contributed by atoms with Crippen LogP contribution in [0.15, 0.2) is 48.7 Å². The maximum Gasteiger partial charge on any atom is 0.419 e. The third-order valence-electron chi connectivity index (χ3n) is 3.51. The van der Waals surface area contributed by atoms with Crippen LogP contribution in [-0.4, -0.2) is 26.2 Å². The van der Waals surface area contributed by atoms with Gasteiger partial charge in [0.05, 0.1) is 21.8 Å². The Bertz CT molecular complexity index is 953. The van der Waals surface area contributed by atoms with Crippen LogP contribution in [0.3, 0.4) is 0 Å². The topological polar surface area (TPSA) is 87.3 Å². The highest BCUT2D eigenvalue weighted by molar-refractivity contribution is 5.95. The standard InChI is InChI=1S/C18H17N3O4/c1-18(2,3)25-17(22)20-15-7-5-4-6-12(15)10-16(20)14-9-8-13(11-19-14)21(23)24/h4-11H,1-3H3. The van der Waals surface area contributed by atoms with E-state index in [0.29, 0.717) is 16.9 Å². The minimum atomic E-state index is -0.650. The van der Waals surface area contributed by atoms with Gasteiger partial charge in [0.2, 0.25) is 0 Å². The molecule has 2 heterocycles. The summed E-state index contributed by atoms with van der Waals surface area (Å²) in [6, 6.07) is 12.1. The number of carbonyl (C=O) groups is 1. The fraction of sp³-hybridized carbons (Fsp3) is 0.222. The monoisotopic (exact) mass is 339 g/mol. The summed E-state index contributed by atoms with van der Waals surface area (Å²) < 4.78 is 6.94. The Morgan fingerprint density at radius 1 is 1.20 bits per heavy atom. The molecule has 3 aromatic rings. The molecule has 0 aliphatic rings. The molecule has 0 aliphatic heterocycles. The van der Waals surface area contributed by atoms with Crippen LogP contribution in [0.5, 0.6) is 0 Å². The number of fused-ring (bicyclic) bond motifs is 1. The summed E-state index contributed by atoms with van der Waals surface area (Å²) in [4.78, 5) is 27.1. The van der Waals surface area contributed by atoms with Crippen molar-refractivity contribution in [2.45, 2.75) is 26.4 Å². The minimum Gasteiger partial charge on any atom is -0.443 e. The minimum absolute atomic E-state index is 0.108. The number of ether oxygens (including phenoxy) is 1. The van der Waals surface area contributed by atoms with Crippen LogP contribution in [0.25, 0.3) is 22.3 Å². The second kappa shape index (κ2) is 6.01. The molecule has 0 amide bonds. The molecule has 1 aromatic carbocycles. The first-order valence-electron chi connectivity index (χ1n) is 7.71. The lowest BCUT2D eigenvalue weighted by Crippen LogP contribution is -2.27. The Morgan fingerprint density at radius 2 is 1.92 bits per heavy atom. The van der Waals surface area contributed by atoms with E-state index < -0.39 is 16.6 Å². The summed E-state index contributed by atoms with van der Waals surface area (Å²) in [6.45, 7) is 5.38. The maximum atomic E-state index is 12.7. The van der Waals surface area contributed by atoms with Crippen LogP contribution < -0.4 is 0 Å². The van der Waals surface area contributed by atoms with Crippen molar-refractivity contribution in [2.75, 3.05) is 0 Å². The molecule has 0 saturated carbocycles. The molecule has 7 heteroatoms. The third kappa shape index (κ3) is 3.35. The highest BCUT2D eigenvalue weighted by Crippen LogP contribution is 2.29. The van der Waals surface area contributed by atoms with Crippen LogP contribution in [0.1, 0.15) is 20.8 Å². The van der Waals surface area contributed by atoms with Crippen molar-refractivity contribution in [3.63, 3.8) is 0 Å². The summed E-state index contributed by atoms with van der Waals surface area (Å²) in [7, 11) is 0. The number of benzene rings is 1. The zero-order valence-electron chi connectivity index (χ0n) is 14.1. The van der Waals surface area contributed by atoms with Crippen molar-refractivity contribution < 1.29 is 14.5 Å². The first-order valence-corrected chi connectivity index (χ1v) is 7.71. The Labute approximate surface area is 144 Å². The molecular weight excluding hydrogens is 322 g/mol. The van der Waals surface area contributed by atoms with Gasteiger partial charge in [-0.15, -0.1) is 0 Å². The maximum absolute atomic E-state index is 12.7. The molecule has 128 valence electrons. The van der Waals surface area contributed by atoms with Crippen molar-refractivity contribution in [1.29, 1.82) is 0 Å². The zero-order valence-corrected chi connectivity index (χ0v) is 14.1. The molecule has 0 atom stereocenters. The quantitative estimate of drug-likeness (QED) is 0.510. The Balaban J connectivity index is 2.15. The number of carbonyl (C=O) groups excluding carboxylic acids is 1. The molecule has 25 heavy (non-hydrogen) atoms. The largest absolute Gasteiger partial charge is 0.443 e. The van der Waals surface area contributed by atoms with Crippen molar-refractivity contribution >= 4 is 22.7 Å². The number of nitrogens with zero attached hydrogens (tertiary/aromatic N) is 3. The highest BCUT2D eigenvalue weighted by Gasteiger charge is 2.23. The lowest BCUT2D eigenvalue weighted by molar-refractivity contribution is -0.385. The lowest BCUT2D eigenvalue weighted by atomic mass is 10.2. The van der Waals surface area contributed by atoms with E-state index in [9.17, 15) is 14.9 Å². The van der Waals surface area contributed by atoms with Crippen LogP contribution in [-0.2, 0) is 4.74 Å². The molecule has 0 N–H and O–H groups in total. The van der Waals surface area contributed by atoms with Crippen molar-refractivity contribution in [2.24, 2.45) is 0 Å². The molecule has 0 saturated heterocycles. The summed E-state index contributed by atoms with van der Waals surface area (Å²) in [6.07, 6.45) is 0.649. The van der Waals surface area contributed by atoms with Gasteiger partial charge in [0.25, 0.3) is 5.69 Å². The predicted molar refractivity (Wildman–Crippen MR) is 93.5 cm³/mol. The smallest absolute Gasteiger partial charge is 0.419 e. The van der Waals surface area contributed by atoms with Gasteiger partial charge in [-0.05, 0) is 39.0 Å². The zero-order chi connectivity index (χ0) is 18.2. The van der Waals surface area contributed by atoms with E-state index in [0.717, 1.165) is 5.39 Å². The summed E-state index contributed by atoms with van der Waals surface area (Å²) in [5.41, 5.74) is 0.899. The normalized spacial score (nSPS) is 11.5. The fourth-order valence-corrected chi connectivity index (χ4v) is 2.49. The Hall–Kier alpha value is -3.22. The second-order valence-electron chi connectivity index (χ2n) is 6.56. The number of hydrogen-bond donors (Lipinski definition) is 0. The van der Waals surface area contributed by atoms with E-state index >= 15 is 0 Å². The van der Waals surface area contributed by atoms with Gasteiger partial charge in [-0.1, -0.05) is 18.2 Å². The van der Waals surface area contributed by atoms with Gasteiger partial charge >= 0.3 is 6.09 Å². The van der Waals surface area contributed by atoms with Crippen LogP contribution in [0, 0.1) is 10.1 Å². The SMILES string of the molecule is CC(C)(C)OC(=O)n1c(-c2ccc([N+](=O)[O-])cn2)cc2ccccc21. The van der Waals surface area contributed by atoms with Crippen LogP contribution >= 0.6 is 0 Å². The number of rotatable bonds is 2. The van der Waals surface area contributed by atoms with Gasteiger partial charge in [-0.2, -0.15) is 0 Å². The van der Waals surface area contributed by atoms with E-state index in [4.69, 9.17) is 4.74 Å². The van der Waals surface area contributed by atoms with Crippen LogP contribution in [0.4, 0.5) is 10.5 Å². The van der Waals surface area contributed by atoms with E-state index in [-0.39, 0.29) is 5.69 Å². The van der Waals surface area contributed by atoms with E-state index in [1.807, 2.05) is 30.3 Å².